The molecule has 3 nitrogen and oxygen atoms in total. The van der Waals surface area contributed by atoms with E-state index < -0.39 is 0 Å². The zero-order valence-corrected chi connectivity index (χ0v) is 28.5. The Bertz CT molecular complexity index is 1420. The Labute approximate surface area is 262 Å². The van der Waals surface area contributed by atoms with E-state index in [0.717, 1.165) is 31.6 Å². The normalized spacial score (nSPS) is 13.3. The third-order valence-corrected chi connectivity index (χ3v) is 10.3. The molecule has 0 spiro atoms. The van der Waals surface area contributed by atoms with Crippen LogP contribution in [0.4, 0.5) is 11.4 Å². The van der Waals surface area contributed by atoms with Gasteiger partial charge >= 0.3 is 0 Å². The molecule has 2 unspecified atom stereocenters. The van der Waals surface area contributed by atoms with Crippen molar-refractivity contribution >= 4 is 25.3 Å². The summed E-state index contributed by atoms with van der Waals surface area (Å²) in [5, 5.41) is 1.35. The van der Waals surface area contributed by atoms with Gasteiger partial charge in [-0.05, 0) is 77.5 Å². The van der Waals surface area contributed by atoms with Gasteiger partial charge in [-0.25, -0.2) is 0 Å². The average Bonchev–Trinajstić information content (AvgIpc) is 2.99. The molecule has 0 fully saturated rings. The number of benzene rings is 4. The molecule has 0 saturated heterocycles. The lowest BCUT2D eigenvalue weighted by Gasteiger charge is -2.36. The Hall–Kier alpha value is -3.13. The molecule has 0 aliphatic carbocycles. The standard InChI is InChI=1S/C39H50NO2P/c1-9-10-24-39(7,35-26-32(38(4,5)6)25-30(3)36(35)42-28-41-8)43-37-29(2)18-17-19-31(37)27-40(33-20-13-11-14-21-33)34-22-15-12-16-23-34/h11-23,25-26,43H,9-10,24,27-28H2,1-8H3. The number of ether oxygens (including phenoxy) is 2. The second kappa shape index (κ2) is 14.6. The van der Waals surface area contributed by atoms with Crippen LogP contribution in [-0.4, -0.2) is 13.9 Å². The third kappa shape index (κ3) is 8.08. The van der Waals surface area contributed by atoms with E-state index in [1.54, 1.807) is 7.11 Å². The molecule has 0 aliphatic heterocycles. The van der Waals surface area contributed by atoms with E-state index in [1.165, 1.54) is 44.5 Å². The van der Waals surface area contributed by atoms with Crippen molar-refractivity contribution in [3.05, 3.63) is 119 Å². The van der Waals surface area contributed by atoms with Crippen LogP contribution < -0.4 is 14.9 Å². The van der Waals surface area contributed by atoms with E-state index in [0.29, 0.717) is 8.58 Å². The zero-order chi connectivity index (χ0) is 31.0. The number of rotatable bonds is 13. The van der Waals surface area contributed by atoms with E-state index in [4.69, 9.17) is 9.47 Å². The van der Waals surface area contributed by atoms with Crippen LogP contribution in [0.2, 0.25) is 0 Å². The Balaban J connectivity index is 1.85. The van der Waals surface area contributed by atoms with Crippen LogP contribution >= 0.6 is 8.58 Å². The number of anilines is 2. The number of hydrogen-bond acceptors (Lipinski definition) is 3. The highest BCUT2D eigenvalue weighted by Gasteiger charge is 2.34. The van der Waals surface area contributed by atoms with Crippen LogP contribution in [0.15, 0.2) is 91.0 Å². The maximum atomic E-state index is 6.36. The van der Waals surface area contributed by atoms with Gasteiger partial charge in [-0.15, -0.1) is 0 Å². The Kier molecular flexibility index (Phi) is 11.1. The van der Waals surface area contributed by atoms with Crippen molar-refractivity contribution in [1.29, 1.82) is 0 Å². The molecule has 4 aromatic rings. The molecule has 0 aromatic heterocycles. The summed E-state index contributed by atoms with van der Waals surface area (Å²) in [6.45, 7) is 17.2. The minimum atomic E-state index is -0.101. The van der Waals surface area contributed by atoms with Gasteiger partial charge in [-0.3, -0.25) is 0 Å². The largest absolute Gasteiger partial charge is 0.467 e. The number of para-hydroxylation sites is 2. The average molecular weight is 596 g/mol. The van der Waals surface area contributed by atoms with Crippen molar-refractivity contribution in [1.82, 2.24) is 0 Å². The van der Waals surface area contributed by atoms with E-state index in [1.807, 2.05) is 0 Å². The number of hydrogen-bond donors (Lipinski definition) is 0. The number of methoxy groups -OCH3 is 1. The zero-order valence-electron chi connectivity index (χ0n) is 27.5. The van der Waals surface area contributed by atoms with Gasteiger partial charge in [0.15, 0.2) is 6.79 Å². The van der Waals surface area contributed by atoms with Crippen molar-refractivity contribution in [2.24, 2.45) is 0 Å². The van der Waals surface area contributed by atoms with E-state index >= 15 is 0 Å². The lowest BCUT2D eigenvalue weighted by Crippen LogP contribution is -2.27. The molecule has 2 atom stereocenters. The minimum absolute atomic E-state index is 0.0355. The molecule has 4 heteroatoms. The minimum Gasteiger partial charge on any atom is -0.467 e. The van der Waals surface area contributed by atoms with Crippen LogP contribution in [0.3, 0.4) is 0 Å². The lowest BCUT2D eigenvalue weighted by atomic mass is 9.82. The Morgan fingerprint density at radius 1 is 0.767 bits per heavy atom. The molecular weight excluding hydrogens is 545 g/mol. The van der Waals surface area contributed by atoms with Crippen LogP contribution in [-0.2, 0) is 21.9 Å². The van der Waals surface area contributed by atoms with E-state index in [-0.39, 0.29) is 17.4 Å². The summed E-state index contributed by atoms with van der Waals surface area (Å²) in [5.41, 5.74) is 8.98. The predicted molar refractivity (Wildman–Crippen MR) is 187 cm³/mol. The highest BCUT2D eigenvalue weighted by Crippen LogP contribution is 2.51. The van der Waals surface area contributed by atoms with E-state index in [9.17, 15) is 0 Å². The summed E-state index contributed by atoms with van der Waals surface area (Å²) >= 11 is 0. The van der Waals surface area contributed by atoms with Crippen molar-refractivity contribution in [3.63, 3.8) is 0 Å². The molecule has 0 bridgehead atoms. The first kappa shape index (κ1) is 32.8. The summed E-state index contributed by atoms with van der Waals surface area (Å²) in [5.74, 6) is 0.978. The predicted octanol–water partition coefficient (Wildman–Crippen LogP) is 10.3. The molecule has 0 aliphatic rings. The molecule has 4 rings (SSSR count). The maximum Gasteiger partial charge on any atom is 0.188 e. The summed E-state index contributed by atoms with van der Waals surface area (Å²) in [4.78, 5) is 2.43. The summed E-state index contributed by atoms with van der Waals surface area (Å²) in [6.07, 6.45) is 3.41. The van der Waals surface area contributed by atoms with Gasteiger partial charge in [-0.2, -0.15) is 0 Å². The lowest BCUT2D eigenvalue weighted by molar-refractivity contribution is 0.0494. The molecule has 228 valence electrons. The molecule has 43 heavy (non-hydrogen) atoms. The fourth-order valence-electron chi connectivity index (χ4n) is 5.75. The van der Waals surface area contributed by atoms with Crippen LogP contribution in [0.25, 0.3) is 0 Å². The van der Waals surface area contributed by atoms with Gasteiger partial charge in [0, 0.05) is 35.7 Å². The van der Waals surface area contributed by atoms with E-state index in [2.05, 4.69) is 144 Å². The van der Waals surface area contributed by atoms with Crippen LogP contribution in [0.5, 0.6) is 5.75 Å². The number of nitrogens with zero attached hydrogens (tertiary/aromatic N) is 1. The highest BCUT2D eigenvalue weighted by atomic mass is 31.1. The van der Waals surface area contributed by atoms with Gasteiger partial charge in [-0.1, -0.05) is 123 Å². The van der Waals surface area contributed by atoms with Crippen LogP contribution in [0.1, 0.15) is 81.7 Å². The summed E-state index contributed by atoms with van der Waals surface area (Å²) in [7, 11) is 2.27. The molecule has 0 heterocycles. The van der Waals surface area contributed by atoms with Crippen molar-refractivity contribution < 1.29 is 9.47 Å². The van der Waals surface area contributed by atoms with Crippen molar-refractivity contribution in [2.45, 2.75) is 84.8 Å². The fraction of sp³-hybridized carbons (Fsp3) is 0.385. The van der Waals surface area contributed by atoms with Gasteiger partial charge in [0.25, 0.3) is 0 Å². The fourth-order valence-corrected chi connectivity index (χ4v) is 7.53. The SMILES string of the molecule is CCCCC(C)(Pc1c(C)cccc1CN(c1ccccc1)c1ccccc1)c1cc(C(C)(C)C)cc(C)c1OCOC. The maximum absolute atomic E-state index is 6.36. The Morgan fingerprint density at radius 2 is 1.40 bits per heavy atom. The number of unbranched alkanes of at least 4 members (excludes halogenated alkanes) is 1. The van der Waals surface area contributed by atoms with Crippen molar-refractivity contribution in [2.75, 3.05) is 18.8 Å². The first-order valence-electron chi connectivity index (χ1n) is 15.6. The molecular formula is C39H50NO2P. The second-order valence-corrected chi connectivity index (χ2v) is 14.8. The number of aryl methyl sites for hydroxylation is 2. The third-order valence-electron chi connectivity index (χ3n) is 8.31. The molecule has 4 aromatic carbocycles. The topological polar surface area (TPSA) is 21.7 Å². The van der Waals surface area contributed by atoms with Gasteiger partial charge in [0.1, 0.15) is 5.75 Å². The smallest absolute Gasteiger partial charge is 0.188 e. The highest BCUT2D eigenvalue weighted by molar-refractivity contribution is 7.48. The first-order chi connectivity index (χ1) is 20.6. The monoisotopic (exact) mass is 595 g/mol. The van der Waals surface area contributed by atoms with Gasteiger partial charge in [0.05, 0.1) is 0 Å². The van der Waals surface area contributed by atoms with Gasteiger partial charge < -0.3 is 14.4 Å². The summed E-state index contributed by atoms with van der Waals surface area (Å²) < 4.78 is 11.8. The summed E-state index contributed by atoms with van der Waals surface area (Å²) in [6, 6.07) is 33.0. The van der Waals surface area contributed by atoms with Crippen LogP contribution in [0, 0.1) is 13.8 Å². The second-order valence-electron chi connectivity index (χ2n) is 12.9. The Morgan fingerprint density at radius 3 is 1.95 bits per heavy atom. The quantitative estimate of drug-likeness (QED) is 0.113. The molecule has 0 saturated carbocycles. The molecule has 0 radical (unpaired) electrons. The van der Waals surface area contributed by atoms with Gasteiger partial charge in [0.2, 0.25) is 0 Å². The molecule has 0 amide bonds. The molecule has 0 N–H and O–H groups in total. The van der Waals surface area contributed by atoms with Crippen molar-refractivity contribution in [3.8, 4) is 5.75 Å². The first-order valence-corrected chi connectivity index (χ1v) is 16.6.